The summed E-state index contributed by atoms with van der Waals surface area (Å²) in [4.78, 5) is 23.2. The van der Waals surface area contributed by atoms with Gasteiger partial charge in [0.15, 0.2) is 0 Å². The van der Waals surface area contributed by atoms with Crippen LogP contribution >= 0.6 is 11.3 Å². The van der Waals surface area contributed by atoms with Crippen molar-refractivity contribution in [2.75, 3.05) is 26.2 Å². The monoisotopic (exact) mass is 346 g/mol. The molecule has 1 aliphatic heterocycles. The first-order valence-electron chi connectivity index (χ1n) is 8.23. The van der Waals surface area contributed by atoms with Crippen molar-refractivity contribution in [2.45, 2.75) is 25.3 Å². The Labute approximate surface area is 145 Å². The Balaban J connectivity index is 1.53. The summed E-state index contributed by atoms with van der Waals surface area (Å²) in [5, 5.41) is 15.1. The minimum absolute atomic E-state index is 0.0432. The topological polar surface area (TPSA) is 78.3 Å². The highest BCUT2D eigenvalue weighted by molar-refractivity contribution is 7.13. The number of hydrogen-bond acceptors (Lipinski definition) is 6. The Hall–Kier alpha value is -1.83. The van der Waals surface area contributed by atoms with Crippen molar-refractivity contribution >= 4 is 17.2 Å². The second-order valence-electron chi connectivity index (χ2n) is 5.99. The number of hydrogen-bond donors (Lipinski definition) is 2. The lowest BCUT2D eigenvalue weighted by Crippen LogP contribution is -2.45. The maximum Gasteiger partial charge on any atom is 0.226 e. The number of aliphatic hydroxyl groups excluding tert-OH is 1. The number of aliphatic hydroxyl groups is 1. The summed E-state index contributed by atoms with van der Waals surface area (Å²) in [6.45, 7) is 2.76. The van der Waals surface area contributed by atoms with Crippen LogP contribution < -0.4 is 5.32 Å². The molecule has 1 fully saturated rings. The van der Waals surface area contributed by atoms with E-state index in [2.05, 4.69) is 20.2 Å². The van der Waals surface area contributed by atoms with Gasteiger partial charge in [0, 0.05) is 18.1 Å². The molecular weight excluding hydrogens is 324 g/mol. The fraction of sp³-hybridized carbons (Fsp3) is 0.471. The highest BCUT2D eigenvalue weighted by Crippen LogP contribution is 2.21. The van der Waals surface area contributed by atoms with E-state index in [1.54, 1.807) is 6.20 Å². The van der Waals surface area contributed by atoms with Gasteiger partial charge < -0.3 is 15.3 Å². The third kappa shape index (κ3) is 4.59. The van der Waals surface area contributed by atoms with Gasteiger partial charge in [0.25, 0.3) is 0 Å². The second kappa shape index (κ2) is 8.32. The first-order chi connectivity index (χ1) is 11.7. The molecule has 1 aliphatic rings. The molecule has 2 aromatic rings. The van der Waals surface area contributed by atoms with E-state index >= 15 is 0 Å². The first-order valence-corrected chi connectivity index (χ1v) is 9.11. The van der Waals surface area contributed by atoms with Gasteiger partial charge in [-0.05, 0) is 38.1 Å². The summed E-state index contributed by atoms with van der Waals surface area (Å²) in [7, 11) is 0. The zero-order valence-electron chi connectivity index (χ0n) is 13.5. The van der Waals surface area contributed by atoms with Crippen molar-refractivity contribution in [1.82, 2.24) is 20.2 Å². The molecule has 128 valence electrons. The molecule has 0 aliphatic carbocycles. The van der Waals surface area contributed by atoms with E-state index in [4.69, 9.17) is 0 Å². The minimum Gasteiger partial charge on any atom is -0.394 e. The van der Waals surface area contributed by atoms with Gasteiger partial charge in [0.2, 0.25) is 5.91 Å². The highest BCUT2D eigenvalue weighted by atomic mass is 32.1. The molecule has 1 atom stereocenters. The average molecular weight is 346 g/mol. The maximum atomic E-state index is 12.2. The Morgan fingerprint density at radius 1 is 1.38 bits per heavy atom. The summed E-state index contributed by atoms with van der Waals surface area (Å²) < 4.78 is 0. The van der Waals surface area contributed by atoms with E-state index in [-0.39, 0.29) is 25.0 Å². The quantitative estimate of drug-likeness (QED) is 0.791. The smallest absolute Gasteiger partial charge is 0.226 e. The van der Waals surface area contributed by atoms with Gasteiger partial charge in [0.1, 0.15) is 5.01 Å². The standard InChI is InChI=1S/C17H22N4O2S/c22-11-14(10-21-7-3-4-8-21)19-16(23)9-13-12-24-17(20-13)15-5-1-2-6-18-15/h1-2,5-6,12,14,22H,3-4,7-11H2,(H,19,23). The number of carbonyl (C=O) groups excluding carboxylic acids is 1. The Bertz CT molecular complexity index is 656. The van der Waals surface area contributed by atoms with Gasteiger partial charge in [0.05, 0.1) is 30.5 Å². The number of thiazole rings is 1. The minimum atomic E-state index is -0.218. The highest BCUT2D eigenvalue weighted by Gasteiger charge is 2.19. The van der Waals surface area contributed by atoms with Gasteiger partial charge in [-0.2, -0.15) is 0 Å². The number of pyridine rings is 1. The van der Waals surface area contributed by atoms with Crippen LogP contribution in [0.1, 0.15) is 18.5 Å². The first kappa shape index (κ1) is 17.0. The average Bonchev–Trinajstić information content (AvgIpc) is 3.27. The van der Waals surface area contributed by atoms with Crippen molar-refractivity contribution in [2.24, 2.45) is 0 Å². The van der Waals surface area contributed by atoms with Gasteiger partial charge in [-0.15, -0.1) is 11.3 Å². The zero-order chi connectivity index (χ0) is 16.8. The fourth-order valence-electron chi connectivity index (χ4n) is 2.86. The summed E-state index contributed by atoms with van der Waals surface area (Å²) in [6.07, 6.45) is 4.34. The van der Waals surface area contributed by atoms with Gasteiger partial charge in [-0.25, -0.2) is 4.98 Å². The van der Waals surface area contributed by atoms with Gasteiger partial charge in [-0.3, -0.25) is 9.78 Å². The van der Waals surface area contributed by atoms with E-state index in [0.717, 1.165) is 29.5 Å². The Kier molecular flexibility index (Phi) is 5.90. The lowest BCUT2D eigenvalue weighted by molar-refractivity contribution is -0.121. The predicted octanol–water partition coefficient (Wildman–Crippen LogP) is 1.32. The molecule has 1 unspecified atom stereocenters. The number of carbonyl (C=O) groups is 1. The number of amides is 1. The lowest BCUT2D eigenvalue weighted by atomic mass is 10.2. The SMILES string of the molecule is O=C(Cc1csc(-c2ccccn2)n1)NC(CO)CN1CCCC1. The molecule has 24 heavy (non-hydrogen) atoms. The fourth-order valence-corrected chi connectivity index (χ4v) is 3.66. The molecule has 3 heterocycles. The molecule has 6 nitrogen and oxygen atoms in total. The molecule has 0 spiro atoms. The third-order valence-corrected chi connectivity index (χ3v) is 4.95. The third-order valence-electron chi connectivity index (χ3n) is 4.04. The van der Waals surface area contributed by atoms with E-state index in [1.165, 1.54) is 24.2 Å². The van der Waals surface area contributed by atoms with Crippen molar-refractivity contribution < 1.29 is 9.90 Å². The summed E-state index contributed by atoms with van der Waals surface area (Å²) in [6, 6.07) is 5.46. The largest absolute Gasteiger partial charge is 0.394 e. The molecule has 3 rings (SSSR count). The van der Waals surface area contributed by atoms with Crippen LogP contribution in [0.5, 0.6) is 0 Å². The number of nitrogens with one attached hydrogen (secondary N) is 1. The van der Waals surface area contributed by atoms with E-state index in [1.807, 2.05) is 23.6 Å². The molecule has 0 saturated carbocycles. The Morgan fingerprint density at radius 2 is 2.21 bits per heavy atom. The summed E-state index contributed by atoms with van der Waals surface area (Å²) >= 11 is 1.48. The normalized spacial score (nSPS) is 16.2. The van der Waals surface area contributed by atoms with Crippen LogP contribution in [0.4, 0.5) is 0 Å². The molecule has 2 aromatic heterocycles. The van der Waals surface area contributed by atoms with Crippen molar-refractivity contribution in [3.05, 3.63) is 35.5 Å². The predicted molar refractivity (Wildman–Crippen MR) is 93.7 cm³/mol. The van der Waals surface area contributed by atoms with Crippen LogP contribution in [0, 0.1) is 0 Å². The number of rotatable bonds is 7. The van der Waals surface area contributed by atoms with Crippen molar-refractivity contribution in [3.63, 3.8) is 0 Å². The van der Waals surface area contributed by atoms with Crippen LogP contribution in [0.25, 0.3) is 10.7 Å². The van der Waals surface area contributed by atoms with E-state index in [0.29, 0.717) is 6.54 Å². The van der Waals surface area contributed by atoms with Crippen molar-refractivity contribution in [3.8, 4) is 10.7 Å². The molecule has 7 heteroatoms. The van der Waals surface area contributed by atoms with E-state index in [9.17, 15) is 9.90 Å². The molecule has 0 bridgehead atoms. The molecule has 0 aromatic carbocycles. The number of aromatic nitrogens is 2. The summed E-state index contributed by atoms with van der Waals surface area (Å²) in [5.74, 6) is -0.105. The number of nitrogens with zero attached hydrogens (tertiary/aromatic N) is 3. The zero-order valence-corrected chi connectivity index (χ0v) is 14.3. The second-order valence-corrected chi connectivity index (χ2v) is 6.85. The van der Waals surface area contributed by atoms with Crippen LogP contribution in [-0.2, 0) is 11.2 Å². The molecule has 1 amide bonds. The van der Waals surface area contributed by atoms with Crippen molar-refractivity contribution in [1.29, 1.82) is 0 Å². The molecule has 2 N–H and O–H groups in total. The van der Waals surface area contributed by atoms with Gasteiger partial charge >= 0.3 is 0 Å². The maximum absolute atomic E-state index is 12.2. The number of likely N-dealkylation sites (tertiary alicyclic amines) is 1. The summed E-state index contributed by atoms with van der Waals surface area (Å²) in [5.41, 5.74) is 1.55. The molecule has 1 saturated heterocycles. The molecule has 0 radical (unpaired) electrons. The van der Waals surface area contributed by atoms with Gasteiger partial charge in [-0.1, -0.05) is 6.07 Å². The van der Waals surface area contributed by atoms with Crippen LogP contribution in [-0.4, -0.2) is 58.2 Å². The van der Waals surface area contributed by atoms with Crippen LogP contribution in [0.3, 0.4) is 0 Å². The Morgan fingerprint density at radius 3 is 2.92 bits per heavy atom. The lowest BCUT2D eigenvalue weighted by Gasteiger charge is -2.22. The molecular formula is C17H22N4O2S. The van der Waals surface area contributed by atoms with E-state index < -0.39 is 0 Å². The van der Waals surface area contributed by atoms with Crippen LogP contribution in [0.2, 0.25) is 0 Å². The van der Waals surface area contributed by atoms with Crippen LogP contribution in [0.15, 0.2) is 29.8 Å².